The summed E-state index contributed by atoms with van der Waals surface area (Å²) < 4.78 is 71.8. The maximum Gasteiger partial charge on any atom is 0.417 e. The maximum atomic E-state index is 13.3. The molecule has 4 aromatic rings. The SMILES string of the molecule is O=C(CCc1ccc(O)c(-c2ccc(C(F)(F)F)cn2)c1)[C@@H]1CCCN1S(=O)(=O)c1cc2cnccc2o1. The van der Waals surface area contributed by atoms with Gasteiger partial charge in [-0.05, 0) is 55.2 Å². The number of benzene rings is 1. The highest BCUT2D eigenvalue weighted by Crippen LogP contribution is 2.34. The van der Waals surface area contributed by atoms with Crippen LogP contribution in [0.3, 0.4) is 0 Å². The number of hydrogen-bond donors (Lipinski definition) is 1. The summed E-state index contributed by atoms with van der Waals surface area (Å²) in [4.78, 5) is 20.9. The Bertz CT molecular complexity index is 1570. The van der Waals surface area contributed by atoms with E-state index in [1.807, 2.05) is 0 Å². The quantitative estimate of drug-likeness (QED) is 0.349. The first-order chi connectivity index (χ1) is 18.0. The summed E-state index contributed by atoms with van der Waals surface area (Å²) in [5.74, 6) is -0.424. The highest BCUT2D eigenvalue weighted by molar-refractivity contribution is 7.89. The van der Waals surface area contributed by atoms with Crippen LogP contribution in [0.2, 0.25) is 0 Å². The monoisotopic (exact) mass is 545 g/mol. The van der Waals surface area contributed by atoms with Gasteiger partial charge in [0.15, 0.2) is 5.78 Å². The number of aryl methyl sites for hydroxylation is 1. The molecule has 3 aromatic heterocycles. The lowest BCUT2D eigenvalue weighted by Gasteiger charge is -2.21. The number of hydrogen-bond acceptors (Lipinski definition) is 7. The van der Waals surface area contributed by atoms with Gasteiger partial charge >= 0.3 is 6.18 Å². The molecule has 0 amide bonds. The van der Waals surface area contributed by atoms with Crippen molar-refractivity contribution in [2.75, 3.05) is 6.54 Å². The zero-order chi connectivity index (χ0) is 27.1. The van der Waals surface area contributed by atoms with Crippen molar-refractivity contribution in [1.29, 1.82) is 0 Å². The minimum absolute atomic E-state index is 0.0331. The Balaban J connectivity index is 1.30. The Morgan fingerprint density at radius 3 is 2.66 bits per heavy atom. The van der Waals surface area contributed by atoms with Crippen molar-refractivity contribution in [2.24, 2.45) is 0 Å². The molecule has 198 valence electrons. The third-order valence-electron chi connectivity index (χ3n) is 6.52. The number of carbonyl (C=O) groups excluding carboxylic acids is 1. The van der Waals surface area contributed by atoms with Crippen LogP contribution in [0, 0.1) is 0 Å². The zero-order valence-electron chi connectivity index (χ0n) is 19.9. The van der Waals surface area contributed by atoms with E-state index in [2.05, 4.69) is 9.97 Å². The van der Waals surface area contributed by atoms with Crippen LogP contribution in [0.4, 0.5) is 13.2 Å². The fraction of sp³-hybridized carbons (Fsp3) is 0.269. The molecule has 8 nitrogen and oxygen atoms in total. The minimum atomic E-state index is -4.53. The van der Waals surface area contributed by atoms with Crippen molar-refractivity contribution in [2.45, 2.75) is 43.0 Å². The number of aromatic hydroxyl groups is 1. The van der Waals surface area contributed by atoms with Crippen LogP contribution in [-0.2, 0) is 27.4 Å². The summed E-state index contributed by atoms with van der Waals surface area (Å²) in [6.07, 6.45) is 0.344. The van der Waals surface area contributed by atoms with E-state index in [-0.39, 0.29) is 47.3 Å². The molecule has 0 aliphatic carbocycles. The van der Waals surface area contributed by atoms with E-state index in [4.69, 9.17) is 4.42 Å². The minimum Gasteiger partial charge on any atom is -0.507 e. The van der Waals surface area contributed by atoms with Crippen molar-refractivity contribution >= 4 is 26.8 Å². The molecule has 0 spiro atoms. The number of Topliss-reactive ketones (excluding diaryl/α,β-unsaturated/α-hetero) is 1. The lowest BCUT2D eigenvalue weighted by Crippen LogP contribution is -2.40. The van der Waals surface area contributed by atoms with E-state index in [0.29, 0.717) is 35.6 Å². The highest BCUT2D eigenvalue weighted by Gasteiger charge is 2.40. The first-order valence-electron chi connectivity index (χ1n) is 11.8. The number of phenols is 1. The molecule has 1 N–H and O–H groups in total. The molecule has 0 unspecified atom stereocenters. The van der Waals surface area contributed by atoms with Gasteiger partial charge in [0.2, 0.25) is 5.09 Å². The van der Waals surface area contributed by atoms with Gasteiger partial charge in [-0.25, -0.2) is 8.42 Å². The van der Waals surface area contributed by atoms with E-state index in [0.717, 1.165) is 6.07 Å². The number of fused-ring (bicyclic) bond motifs is 1. The van der Waals surface area contributed by atoms with E-state index in [9.17, 15) is 31.5 Å². The van der Waals surface area contributed by atoms with E-state index in [1.54, 1.807) is 18.2 Å². The van der Waals surface area contributed by atoms with Crippen molar-refractivity contribution in [3.8, 4) is 17.0 Å². The molecular formula is C26H22F3N3O5S. The molecule has 1 aliphatic heterocycles. The van der Waals surface area contributed by atoms with Gasteiger partial charge in [0.1, 0.15) is 11.3 Å². The van der Waals surface area contributed by atoms with Gasteiger partial charge in [-0.3, -0.25) is 14.8 Å². The number of sulfonamides is 1. The van der Waals surface area contributed by atoms with Crippen LogP contribution < -0.4 is 0 Å². The molecule has 1 aliphatic rings. The molecule has 1 fully saturated rings. The molecule has 1 aromatic carbocycles. The number of nitrogens with zero attached hydrogens (tertiary/aromatic N) is 3. The fourth-order valence-corrected chi connectivity index (χ4v) is 6.18. The zero-order valence-corrected chi connectivity index (χ0v) is 20.7. The third-order valence-corrected chi connectivity index (χ3v) is 8.28. The van der Waals surface area contributed by atoms with Crippen LogP contribution in [0.1, 0.15) is 30.4 Å². The van der Waals surface area contributed by atoms with Crippen molar-refractivity contribution < 1.29 is 35.9 Å². The predicted octanol–water partition coefficient (Wildman–Crippen LogP) is 4.97. The van der Waals surface area contributed by atoms with Crippen molar-refractivity contribution in [3.63, 3.8) is 0 Å². The summed E-state index contributed by atoms with van der Waals surface area (Å²) >= 11 is 0. The normalized spacial score (nSPS) is 16.8. The summed E-state index contributed by atoms with van der Waals surface area (Å²) in [6.45, 7) is 0.191. The summed E-state index contributed by atoms with van der Waals surface area (Å²) in [5, 5.41) is 10.5. The third kappa shape index (κ3) is 5.01. The average Bonchev–Trinajstić information content (AvgIpc) is 3.56. The van der Waals surface area contributed by atoms with Crippen molar-refractivity contribution in [3.05, 3.63) is 72.2 Å². The Labute approximate surface area is 215 Å². The Hall–Kier alpha value is -3.77. The van der Waals surface area contributed by atoms with E-state index >= 15 is 0 Å². The number of aromatic nitrogens is 2. The summed E-state index contributed by atoms with van der Waals surface area (Å²) in [7, 11) is -4.04. The molecule has 0 radical (unpaired) electrons. The molecule has 0 bridgehead atoms. The standard InChI is InChI=1S/C26H22F3N3O5S/c27-26(28,29)18-5-6-20(31-15-18)19-12-16(3-7-22(19)33)4-8-23(34)21-2-1-11-32(21)38(35,36)25-13-17-14-30-10-9-24(17)37-25/h3,5-7,9-10,12-15,21,33H,1-2,4,8,11H2/t21-/m0/s1. The van der Waals surface area contributed by atoms with E-state index in [1.165, 1.54) is 34.9 Å². The summed E-state index contributed by atoms with van der Waals surface area (Å²) in [6, 6.07) is 8.72. The second-order valence-electron chi connectivity index (χ2n) is 9.00. The number of phenolic OH excluding ortho intramolecular Hbond substituents is 1. The smallest absolute Gasteiger partial charge is 0.417 e. The molecule has 1 saturated heterocycles. The molecule has 38 heavy (non-hydrogen) atoms. The lowest BCUT2D eigenvalue weighted by atomic mass is 9.99. The number of furan rings is 1. The molecule has 4 heterocycles. The van der Waals surface area contributed by atoms with Crippen LogP contribution >= 0.6 is 0 Å². The molecule has 1 atom stereocenters. The van der Waals surface area contributed by atoms with Crippen LogP contribution in [0.15, 0.2) is 70.6 Å². The van der Waals surface area contributed by atoms with Gasteiger partial charge in [0, 0.05) is 48.6 Å². The maximum absolute atomic E-state index is 13.3. The first-order valence-corrected chi connectivity index (χ1v) is 13.2. The van der Waals surface area contributed by atoms with Crippen LogP contribution in [-0.4, -0.2) is 46.2 Å². The second-order valence-corrected chi connectivity index (χ2v) is 10.8. The predicted molar refractivity (Wildman–Crippen MR) is 131 cm³/mol. The van der Waals surface area contributed by atoms with Gasteiger partial charge in [-0.15, -0.1) is 0 Å². The number of ketones is 1. The molecule has 5 rings (SSSR count). The van der Waals surface area contributed by atoms with Gasteiger partial charge in [0.25, 0.3) is 10.0 Å². The van der Waals surface area contributed by atoms with Gasteiger partial charge < -0.3 is 9.52 Å². The Morgan fingerprint density at radius 1 is 1.13 bits per heavy atom. The highest BCUT2D eigenvalue weighted by atomic mass is 32.2. The topological polar surface area (TPSA) is 114 Å². The largest absolute Gasteiger partial charge is 0.507 e. The van der Waals surface area contributed by atoms with Gasteiger partial charge in [-0.1, -0.05) is 6.07 Å². The van der Waals surface area contributed by atoms with Gasteiger partial charge in [0.05, 0.1) is 17.3 Å². The van der Waals surface area contributed by atoms with Gasteiger partial charge in [-0.2, -0.15) is 17.5 Å². The number of alkyl halides is 3. The number of pyridine rings is 2. The summed E-state index contributed by atoms with van der Waals surface area (Å²) in [5.41, 5.74) is 0.500. The lowest BCUT2D eigenvalue weighted by molar-refractivity contribution is -0.137. The second kappa shape index (κ2) is 9.84. The van der Waals surface area contributed by atoms with Crippen LogP contribution in [0.25, 0.3) is 22.2 Å². The Kier molecular flexibility index (Phi) is 6.70. The molecular weight excluding hydrogens is 523 g/mol. The fourth-order valence-electron chi connectivity index (χ4n) is 4.55. The molecule has 12 heteroatoms. The number of halogens is 3. The average molecular weight is 546 g/mol. The number of rotatable bonds is 7. The van der Waals surface area contributed by atoms with E-state index < -0.39 is 27.8 Å². The number of carbonyl (C=O) groups is 1. The first kappa shape index (κ1) is 25.9. The molecule has 0 saturated carbocycles. The Morgan fingerprint density at radius 2 is 1.95 bits per heavy atom. The van der Waals surface area contributed by atoms with Crippen molar-refractivity contribution in [1.82, 2.24) is 14.3 Å². The van der Waals surface area contributed by atoms with Crippen LogP contribution in [0.5, 0.6) is 5.75 Å².